The Kier molecular flexibility index (Phi) is 12.2. The Morgan fingerprint density at radius 3 is 2.15 bits per heavy atom. The third kappa shape index (κ3) is 8.41. The molecule has 0 radical (unpaired) electrons. The molecule has 0 unspecified atom stereocenters. The molecule has 0 atom stereocenters. The first-order valence-corrected chi connectivity index (χ1v) is 14.6. The highest BCUT2D eigenvalue weighted by Crippen LogP contribution is 2.28. The number of benzene rings is 2. The largest absolute Gasteiger partial charge is 0.497 e. The van der Waals surface area contributed by atoms with Crippen molar-refractivity contribution >= 4 is 33.9 Å². The van der Waals surface area contributed by atoms with Crippen LogP contribution in [0.15, 0.2) is 35.2 Å². The van der Waals surface area contributed by atoms with Gasteiger partial charge in [-0.25, -0.2) is 8.42 Å². The summed E-state index contributed by atoms with van der Waals surface area (Å²) in [6.45, 7) is 7.93. The van der Waals surface area contributed by atoms with Gasteiger partial charge >= 0.3 is 0 Å². The lowest BCUT2D eigenvalue weighted by Gasteiger charge is -2.37. The predicted molar refractivity (Wildman–Crippen MR) is 159 cm³/mol. The molecule has 0 aromatic heterocycles. The maximum absolute atomic E-state index is 13.1. The van der Waals surface area contributed by atoms with E-state index in [1.807, 2.05) is 6.07 Å². The molecule has 3 rings (SSSR count). The van der Waals surface area contributed by atoms with Crippen LogP contribution in [0.2, 0.25) is 0 Å². The number of carbonyl (C=O) groups excluding carboxylic acids is 1. The number of likely N-dealkylation sites (N-methyl/N-ethyl adjacent to an activating group) is 1. The molecule has 0 N–H and O–H groups in total. The first kappa shape index (κ1) is 33.0. The zero-order valence-corrected chi connectivity index (χ0v) is 26.0. The highest BCUT2D eigenvalue weighted by Gasteiger charge is 2.25. The molecule has 2 aromatic rings. The van der Waals surface area contributed by atoms with Crippen LogP contribution in [0.5, 0.6) is 5.75 Å². The van der Waals surface area contributed by atoms with Gasteiger partial charge in [0.25, 0.3) is 0 Å². The minimum Gasteiger partial charge on any atom is -0.497 e. The van der Waals surface area contributed by atoms with Crippen molar-refractivity contribution in [1.82, 2.24) is 9.21 Å². The molecule has 0 saturated carbocycles. The number of aryl methyl sites for hydroxylation is 3. The lowest BCUT2D eigenvalue weighted by atomic mass is 10.0. The molecule has 1 heterocycles. The molecule has 0 amide bonds. The molecule has 0 spiro atoms. The van der Waals surface area contributed by atoms with Crippen molar-refractivity contribution in [3.63, 3.8) is 0 Å². The number of halogens is 1. The number of sulfonamides is 1. The SMILES string of the molecule is COc1cc(C)c(S(=O)(=O)N(C)CCOCC(=O)Cc2ccc(N3CCC(N(C)C)CC3)c(C)c2)c(C)c1.Cl. The van der Waals surface area contributed by atoms with Crippen molar-refractivity contribution in [3.8, 4) is 5.75 Å². The number of carbonyl (C=O) groups is 1. The number of nitrogens with zero attached hydrogens (tertiary/aromatic N) is 3. The van der Waals surface area contributed by atoms with E-state index in [-0.39, 0.29) is 42.8 Å². The quantitative estimate of drug-likeness (QED) is 0.350. The molecule has 1 aliphatic heterocycles. The van der Waals surface area contributed by atoms with Crippen LogP contribution < -0.4 is 9.64 Å². The summed E-state index contributed by atoms with van der Waals surface area (Å²) in [5, 5.41) is 0. The maximum atomic E-state index is 13.1. The Balaban J connectivity index is 0.00000533. The summed E-state index contributed by atoms with van der Waals surface area (Å²) in [5.41, 5.74) is 4.64. The van der Waals surface area contributed by atoms with Crippen molar-refractivity contribution in [2.75, 3.05) is 66.0 Å². The monoisotopic (exact) mass is 581 g/mol. The van der Waals surface area contributed by atoms with Crippen molar-refractivity contribution in [3.05, 3.63) is 52.6 Å². The van der Waals surface area contributed by atoms with Gasteiger partial charge in [0.1, 0.15) is 12.4 Å². The molecule has 1 fully saturated rings. The van der Waals surface area contributed by atoms with Gasteiger partial charge in [0.05, 0.1) is 18.6 Å². The van der Waals surface area contributed by atoms with E-state index >= 15 is 0 Å². The first-order valence-electron chi connectivity index (χ1n) is 13.2. The van der Waals surface area contributed by atoms with E-state index in [1.54, 1.807) is 33.1 Å². The van der Waals surface area contributed by atoms with Crippen molar-refractivity contribution < 1.29 is 22.7 Å². The smallest absolute Gasteiger partial charge is 0.243 e. The maximum Gasteiger partial charge on any atom is 0.243 e. The van der Waals surface area contributed by atoms with E-state index in [9.17, 15) is 13.2 Å². The van der Waals surface area contributed by atoms with Gasteiger partial charge in [-0.1, -0.05) is 12.1 Å². The average Bonchev–Trinajstić information content (AvgIpc) is 2.86. The van der Waals surface area contributed by atoms with Crippen LogP contribution in [-0.4, -0.2) is 90.5 Å². The van der Waals surface area contributed by atoms with Crippen LogP contribution in [0.25, 0.3) is 0 Å². The van der Waals surface area contributed by atoms with Gasteiger partial charge in [-0.05, 0) is 88.2 Å². The van der Waals surface area contributed by atoms with Gasteiger partial charge in [0.15, 0.2) is 5.78 Å². The Bertz CT molecular complexity index is 1200. The number of rotatable bonds is 12. The number of ketones is 1. The zero-order valence-electron chi connectivity index (χ0n) is 24.3. The first-order chi connectivity index (χ1) is 17.9. The molecule has 218 valence electrons. The van der Waals surface area contributed by atoms with Crippen molar-refractivity contribution in [2.45, 2.75) is 51.0 Å². The second kappa shape index (κ2) is 14.5. The van der Waals surface area contributed by atoms with E-state index in [0.29, 0.717) is 29.3 Å². The predicted octanol–water partition coefficient (Wildman–Crippen LogP) is 4.02. The molecule has 2 aromatic carbocycles. The second-order valence-corrected chi connectivity index (χ2v) is 12.5. The fourth-order valence-corrected chi connectivity index (χ4v) is 6.73. The standard InChI is InChI=1S/C29H43N3O5S.ClH/c1-21-16-24(8-9-28(21)32-12-10-25(11-13-32)30(4)5)19-26(33)20-37-15-14-31(6)38(34,35)29-22(2)17-27(36-7)18-23(29)3;/h8-9,16-18,25H,10-15,19-20H2,1-7H3;1H. The Hall–Kier alpha value is -2.17. The second-order valence-electron chi connectivity index (χ2n) is 10.5. The van der Waals surface area contributed by atoms with E-state index in [1.165, 1.54) is 22.6 Å². The van der Waals surface area contributed by atoms with Crippen molar-refractivity contribution in [2.24, 2.45) is 0 Å². The normalized spacial score (nSPS) is 14.5. The van der Waals surface area contributed by atoms with Crippen molar-refractivity contribution in [1.29, 1.82) is 0 Å². The summed E-state index contributed by atoms with van der Waals surface area (Å²) in [4.78, 5) is 17.6. The molecule has 1 aliphatic rings. The van der Waals surface area contributed by atoms with Gasteiger partial charge in [0, 0.05) is 44.8 Å². The van der Waals surface area contributed by atoms with Crippen LogP contribution in [-0.2, 0) is 26.0 Å². The minimum absolute atomic E-state index is 0. The van der Waals surface area contributed by atoms with E-state index < -0.39 is 10.0 Å². The lowest BCUT2D eigenvalue weighted by molar-refractivity contribution is -0.122. The molecule has 0 bridgehead atoms. The fraction of sp³-hybridized carbons (Fsp3) is 0.552. The Morgan fingerprint density at radius 2 is 1.62 bits per heavy atom. The molecule has 10 heteroatoms. The number of anilines is 1. The summed E-state index contributed by atoms with van der Waals surface area (Å²) in [5.74, 6) is 0.592. The van der Waals surface area contributed by atoms with Crippen LogP contribution in [0, 0.1) is 20.8 Å². The third-order valence-corrected chi connectivity index (χ3v) is 9.51. The van der Waals surface area contributed by atoms with Gasteiger partial charge in [-0.2, -0.15) is 4.31 Å². The summed E-state index contributed by atoms with van der Waals surface area (Å²) in [6, 6.07) is 10.3. The number of hydrogen-bond donors (Lipinski definition) is 0. The molecule has 1 saturated heterocycles. The van der Waals surface area contributed by atoms with Crippen LogP contribution in [0.4, 0.5) is 5.69 Å². The fourth-order valence-electron chi connectivity index (χ4n) is 5.17. The number of methoxy groups -OCH3 is 1. The minimum atomic E-state index is -3.69. The highest BCUT2D eigenvalue weighted by atomic mass is 35.5. The molecular formula is C29H44ClN3O5S. The van der Waals surface area contributed by atoms with E-state index in [4.69, 9.17) is 9.47 Å². The number of Topliss-reactive ketones (excluding diaryl/α,β-unsaturated/α-hetero) is 1. The number of piperidine rings is 1. The van der Waals surface area contributed by atoms with E-state index in [2.05, 4.69) is 43.0 Å². The van der Waals surface area contributed by atoms with Crippen LogP contribution in [0.3, 0.4) is 0 Å². The Labute approximate surface area is 240 Å². The summed E-state index contributed by atoms with van der Waals surface area (Å²) in [6.07, 6.45) is 2.60. The zero-order chi connectivity index (χ0) is 28.0. The lowest BCUT2D eigenvalue weighted by Crippen LogP contribution is -2.42. The number of ether oxygens (including phenoxy) is 2. The number of hydrogen-bond acceptors (Lipinski definition) is 7. The van der Waals surface area contributed by atoms with Crippen LogP contribution in [0.1, 0.15) is 35.1 Å². The van der Waals surface area contributed by atoms with E-state index in [0.717, 1.165) is 31.5 Å². The summed E-state index contributed by atoms with van der Waals surface area (Å²) >= 11 is 0. The van der Waals surface area contributed by atoms with Gasteiger partial charge in [0.2, 0.25) is 10.0 Å². The highest BCUT2D eigenvalue weighted by molar-refractivity contribution is 7.89. The van der Waals surface area contributed by atoms with Crippen LogP contribution >= 0.6 is 12.4 Å². The molecular weight excluding hydrogens is 538 g/mol. The van der Waals surface area contributed by atoms with Gasteiger partial charge < -0.3 is 19.3 Å². The van der Waals surface area contributed by atoms with Gasteiger partial charge in [-0.3, -0.25) is 4.79 Å². The summed E-state index contributed by atoms with van der Waals surface area (Å²) in [7, 11) is 3.67. The third-order valence-electron chi connectivity index (χ3n) is 7.35. The molecule has 39 heavy (non-hydrogen) atoms. The topological polar surface area (TPSA) is 79.4 Å². The van der Waals surface area contributed by atoms with Gasteiger partial charge in [-0.15, -0.1) is 12.4 Å². The molecule has 8 nitrogen and oxygen atoms in total. The molecule has 0 aliphatic carbocycles. The average molecular weight is 582 g/mol. The summed E-state index contributed by atoms with van der Waals surface area (Å²) < 4.78 is 38.3. The Morgan fingerprint density at radius 1 is 1.00 bits per heavy atom.